The van der Waals surface area contributed by atoms with Crippen molar-refractivity contribution in [3.05, 3.63) is 17.6 Å². The Hall–Kier alpha value is -1.16. The fourth-order valence-electron chi connectivity index (χ4n) is 3.42. The molecule has 0 atom stereocenters. The van der Waals surface area contributed by atoms with Crippen LogP contribution in [-0.4, -0.2) is 29.6 Å². The first-order valence-corrected chi connectivity index (χ1v) is 8.00. The minimum atomic E-state index is 0.320. The number of fused-ring (bicyclic) bond motifs is 1. The maximum atomic E-state index is 5.91. The predicted molar refractivity (Wildman–Crippen MR) is 81.9 cm³/mol. The Morgan fingerprint density at radius 2 is 1.90 bits per heavy atom. The highest BCUT2D eigenvalue weighted by atomic mass is 15.2. The van der Waals surface area contributed by atoms with Crippen molar-refractivity contribution in [3.63, 3.8) is 0 Å². The highest BCUT2D eigenvalue weighted by Gasteiger charge is 2.30. The Kier molecular flexibility index (Phi) is 3.92. The summed E-state index contributed by atoms with van der Waals surface area (Å²) in [5, 5.41) is 0. The van der Waals surface area contributed by atoms with Gasteiger partial charge in [0.15, 0.2) is 0 Å². The fourth-order valence-corrected chi connectivity index (χ4v) is 3.42. The number of piperidine rings is 1. The first-order valence-electron chi connectivity index (χ1n) is 8.00. The minimum Gasteiger partial charge on any atom is -0.356 e. The van der Waals surface area contributed by atoms with Crippen LogP contribution in [0.1, 0.15) is 50.3 Å². The van der Waals surface area contributed by atoms with Crippen molar-refractivity contribution < 1.29 is 0 Å². The van der Waals surface area contributed by atoms with Crippen molar-refractivity contribution in [2.45, 2.75) is 51.9 Å². The Morgan fingerprint density at radius 1 is 1.15 bits per heavy atom. The van der Waals surface area contributed by atoms with E-state index in [1.807, 2.05) is 0 Å². The van der Waals surface area contributed by atoms with E-state index in [4.69, 9.17) is 5.73 Å². The first kappa shape index (κ1) is 13.8. The molecule has 0 amide bonds. The largest absolute Gasteiger partial charge is 0.356 e. The van der Waals surface area contributed by atoms with E-state index in [0.29, 0.717) is 5.41 Å². The van der Waals surface area contributed by atoms with Crippen LogP contribution in [0.3, 0.4) is 0 Å². The van der Waals surface area contributed by atoms with E-state index in [-0.39, 0.29) is 0 Å². The molecule has 0 unspecified atom stereocenters. The molecule has 0 radical (unpaired) electrons. The molecule has 4 heteroatoms. The number of aryl methyl sites for hydroxylation is 1. The van der Waals surface area contributed by atoms with Crippen molar-refractivity contribution in [1.29, 1.82) is 0 Å². The van der Waals surface area contributed by atoms with Crippen LogP contribution in [0.2, 0.25) is 0 Å². The molecule has 1 fully saturated rings. The first-order chi connectivity index (χ1) is 9.72. The van der Waals surface area contributed by atoms with Gasteiger partial charge in [-0.15, -0.1) is 0 Å². The quantitative estimate of drug-likeness (QED) is 0.841. The molecule has 20 heavy (non-hydrogen) atoms. The van der Waals surface area contributed by atoms with Gasteiger partial charge >= 0.3 is 0 Å². The van der Waals surface area contributed by atoms with Crippen LogP contribution in [-0.2, 0) is 12.8 Å². The van der Waals surface area contributed by atoms with Crippen LogP contribution in [0, 0.1) is 5.41 Å². The number of anilines is 1. The molecule has 0 aromatic carbocycles. The summed E-state index contributed by atoms with van der Waals surface area (Å²) in [6.45, 7) is 5.27. The highest BCUT2D eigenvalue weighted by Crippen LogP contribution is 2.34. The summed E-state index contributed by atoms with van der Waals surface area (Å²) in [5.41, 5.74) is 8.94. The average molecular weight is 274 g/mol. The van der Waals surface area contributed by atoms with E-state index in [1.54, 1.807) is 6.33 Å². The Balaban J connectivity index is 1.81. The number of aromatic nitrogens is 2. The molecule has 1 saturated heterocycles. The van der Waals surface area contributed by atoms with E-state index in [9.17, 15) is 0 Å². The van der Waals surface area contributed by atoms with Crippen LogP contribution < -0.4 is 10.6 Å². The van der Waals surface area contributed by atoms with Crippen molar-refractivity contribution in [1.82, 2.24) is 9.97 Å². The van der Waals surface area contributed by atoms with E-state index in [1.165, 1.54) is 49.2 Å². The second kappa shape index (κ2) is 5.68. The van der Waals surface area contributed by atoms with Gasteiger partial charge < -0.3 is 10.6 Å². The van der Waals surface area contributed by atoms with Crippen LogP contribution >= 0.6 is 0 Å². The SMILES string of the molecule is CC1(CN)CCN(c2ncnc3c2CCCCC3)CC1. The summed E-state index contributed by atoms with van der Waals surface area (Å²) in [4.78, 5) is 11.6. The number of nitrogens with two attached hydrogens (primary N) is 1. The van der Waals surface area contributed by atoms with Gasteiger partial charge in [-0.3, -0.25) is 0 Å². The molecule has 0 saturated carbocycles. The topological polar surface area (TPSA) is 55.0 Å². The lowest BCUT2D eigenvalue weighted by Crippen LogP contribution is -2.43. The normalized spacial score (nSPS) is 22.2. The maximum Gasteiger partial charge on any atom is 0.135 e. The molecule has 1 aliphatic heterocycles. The van der Waals surface area contributed by atoms with E-state index in [0.717, 1.165) is 32.5 Å². The standard InChI is InChI=1S/C16H26N4/c1-16(11-17)7-9-20(10-8-16)15-13-5-3-2-4-6-14(13)18-12-19-15/h12H,2-11,17H2,1H3. The summed E-state index contributed by atoms with van der Waals surface area (Å²) >= 11 is 0. The summed E-state index contributed by atoms with van der Waals surface area (Å²) in [5.74, 6) is 1.20. The molecule has 110 valence electrons. The zero-order valence-corrected chi connectivity index (χ0v) is 12.6. The molecule has 1 aromatic heterocycles. The average Bonchev–Trinajstić information content (AvgIpc) is 2.73. The Labute approximate surface area is 121 Å². The van der Waals surface area contributed by atoms with Crippen molar-refractivity contribution in [2.24, 2.45) is 11.1 Å². The zero-order valence-electron chi connectivity index (χ0n) is 12.6. The molecule has 2 N–H and O–H groups in total. The van der Waals surface area contributed by atoms with Gasteiger partial charge in [0.25, 0.3) is 0 Å². The summed E-state index contributed by atoms with van der Waals surface area (Å²) in [7, 11) is 0. The van der Waals surface area contributed by atoms with Crippen LogP contribution in [0.25, 0.3) is 0 Å². The van der Waals surface area contributed by atoms with E-state index in [2.05, 4.69) is 21.8 Å². The van der Waals surface area contributed by atoms with Crippen molar-refractivity contribution >= 4 is 5.82 Å². The smallest absolute Gasteiger partial charge is 0.135 e. The van der Waals surface area contributed by atoms with Crippen LogP contribution in [0.4, 0.5) is 5.82 Å². The third kappa shape index (κ3) is 2.66. The van der Waals surface area contributed by atoms with Crippen LogP contribution in [0.5, 0.6) is 0 Å². The summed E-state index contributed by atoms with van der Waals surface area (Å²) in [6, 6.07) is 0. The van der Waals surface area contributed by atoms with E-state index >= 15 is 0 Å². The second-order valence-electron chi connectivity index (χ2n) is 6.69. The lowest BCUT2D eigenvalue weighted by Gasteiger charge is -2.39. The molecule has 2 aliphatic rings. The second-order valence-corrected chi connectivity index (χ2v) is 6.69. The lowest BCUT2D eigenvalue weighted by molar-refractivity contribution is 0.257. The molecular formula is C16H26N4. The molecule has 0 spiro atoms. The number of rotatable bonds is 2. The van der Waals surface area contributed by atoms with Crippen LogP contribution in [0.15, 0.2) is 6.33 Å². The third-order valence-corrected chi connectivity index (χ3v) is 5.12. The van der Waals surface area contributed by atoms with Crippen molar-refractivity contribution in [2.75, 3.05) is 24.5 Å². The highest BCUT2D eigenvalue weighted by molar-refractivity contribution is 5.49. The number of hydrogen-bond acceptors (Lipinski definition) is 4. The molecule has 3 rings (SSSR count). The molecule has 1 aromatic rings. The van der Waals surface area contributed by atoms with Crippen molar-refractivity contribution in [3.8, 4) is 0 Å². The fraction of sp³-hybridized carbons (Fsp3) is 0.750. The van der Waals surface area contributed by atoms with Gasteiger partial charge in [0.2, 0.25) is 0 Å². The maximum absolute atomic E-state index is 5.91. The van der Waals surface area contributed by atoms with Gasteiger partial charge in [0.05, 0.1) is 0 Å². The Morgan fingerprint density at radius 3 is 2.65 bits per heavy atom. The van der Waals surface area contributed by atoms with Gasteiger partial charge in [-0.2, -0.15) is 0 Å². The van der Waals surface area contributed by atoms with E-state index < -0.39 is 0 Å². The van der Waals surface area contributed by atoms with Gasteiger partial charge in [-0.1, -0.05) is 13.3 Å². The molecular weight excluding hydrogens is 248 g/mol. The molecule has 1 aliphatic carbocycles. The molecule has 4 nitrogen and oxygen atoms in total. The Bertz CT molecular complexity index is 464. The van der Waals surface area contributed by atoms with Gasteiger partial charge in [-0.05, 0) is 50.5 Å². The van der Waals surface area contributed by atoms with Gasteiger partial charge in [0, 0.05) is 24.3 Å². The molecule has 2 heterocycles. The summed E-state index contributed by atoms with van der Waals surface area (Å²) in [6.07, 6.45) is 10.2. The minimum absolute atomic E-state index is 0.320. The predicted octanol–water partition coefficient (Wildman–Crippen LogP) is 2.31. The van der Waals surface area contributed by atoms with Gasteiger partial charge in [-0.25, -0.2) is 9.97 Å². The monoisotopic (exact) mass is 274 g/mol. The molecule has 0 bridgehead atoms. The number of nitrogens with zero attached hydrogens (tertiary/aromatic N) is 3. The third-order valence-electron chi connectivity index (χ3n) is 5.12. The zero-order chi connectivity index (χ0) is 14.0. The number of hydrogen-bond donors (Lipinski definition) is 1. The summed E-state index contributed by atoms with van der Waals surface area (Å²) < 4.78 is 0. The van der Waals surface area contributed by atoms with Gasteiger partial charge in [0.1, 0.15) is 12.1 Å². The lowest BCUT2D eigenvalue weighted by atomic mass is 9.80.